The SMILES string of the molecule is CC1(C)Oc2cc3c(cc2C(NCCc2ccccc2)C1O)OCS(=O)(=O)N3. The predicted molar refractivity (Wildman–Crippen MR) is 106 cm³/mol. The highest BCUT2D eigenvalue weighted by Gasteiger charge is 2.43. The van der Waals surface area contributed by atoms with Crippen molar-refractivity contribution in [1.29, 1.82) is 0 Å². The molecule has 8 heteroatoms. The molecule has 4 rings (SSSR count). The molecule has 150 valence electrons. The second kappa shape index (κ2) is 6.95. The third kappa shape index (κ3) is 3.67. The molecule has 2 heterocycles. The van der Waals surface area contributed by atoms with Gasteiger partial charge in [0.05, 0.1) is 11.7 Å². The lowest BCUT2D eigenvalue weighted by Crippen LogP contribution is -2.52. The van der Waals surface area contributed by atoms with Gasteiger partial charge in [-0.25, -0.2) is 8.42 Å². The minimum atomic E-state index is -3.51. The third-order valence-electron chi connectivity index (χ3n) is 5.10. The lowest BCUT2D eigenvalue weighted by Gasteiger charge is -2.43. The standard InChI is InChI=1S/C20H24N2O5S/c1-20(2)19(23)18(21-9-8-13-6-4-3-5-7-13)14-10-17-15(11-16(14)27-20)22-28(24,25)12-26-17/h3-7,10-11,18-19,21-23H,8-9,12H2,1-2H3. The summed E-state index contributed by atoms with van der Waals surface area (Å²) in [5.74, 6) is 0.526. The zero-order chi connectivity index (χ0) is 19.9. The van der Waals surface area contributed by atoms with Gasteiger partial charge in [-0.1, -0.05) is 30.3 Å². The van der Waals surface area contributed by atoms with Crippen molar-refractivity contribution in [3.63, 3.8) is 0 Å². The van der Waals surface area contributed by atoms with E-state index in [1.807, 2.05) is 32.0 Å². The molecule has 2 aliphatic rings. The maximum absolute atomic E-state index is 11.8. The number of benzene rings is 2. The Morgan fingerprint density at radius 2 is 1.96 bits per heavy atom. The first-order valence-corrected chi connectivity index (χ1v) is 10.9. The van der Waals surface area contributed by atoms with Crippen LogP contribution in [0, 0.1) is 0 Å². The maximum Gasteiger partial charge on any atom is 0.268 e. The Labute approximate surface area is 164 Å². The van der Waals surface area contributed by atoms with Crippen LogP contribution in [-0.2, 0) is 16.4 Å². The summed E-state index contributed by atoms with van der Waals surface area (Å²) >= 11 is 0. The van der Waals surface area contributed by atoms with E-state index >= 15 is 0 Å². The first kappa shape index (κ1) is 19.0. The van der Waals surface area contributed by atoms with Gasteiger partial charge in [0, 0.05) is 11.6 Å². The number of fused-ring (bicyclic) bond motifs is 2. The minimum Gasteiger partial charge on any atom is -0.485 e. The molecule has 0 fully saturated rings. The highest BCUT2D eigenvalue weighted by molar-refractivity contribution is 7.92. The molecule has 2 unspecified atom stereocenters. The summed E-state index contributed by atoms with van der Waals surface area (Å²) in [5.41, 5.74) is 1.47. The van der Waals surface area contributed by atoms with Crippen molar-refractivity contribution in [2.24, 2.45) is 0 Å². The fraction of sp³-hybridized carbons (Fsp3) is 0.400. The van der Waals surface area contributed by atoms with Gasteiger partial charge in [-0.3, -0.25) is 4.72 Å². The summed E-state index contributed by atoms with van der Waals surface area (Å²) in [6.07, 6.45) is 0.0381. The second-order valence-electron chi connectivity index (χ2n) is 7.68. The van der Waals surface area contributed by atoms with Crippen LogP contribution in [0.3, 0.4) is 0 Å². The molecule has 0 saturated carbocycles. The van der Waals surface area contributed by atoms with Crippen LogP contribution in [0.1, 0.15) is 31.0 Å². The molecule has 3 N–H and O–H groups in total. The largest absolute Gasteiger partial charge is 0.485 e. The number of rotatable bonds is 4. The Morgan fingerprint density at radius 1 is 1.21 bits per heavy atom. The number of nitrogens with one attached hydrogen (secondary N) is 2. The number of aliphatic hydroxyl groups is 1. The lowest BCUT2D eigenvalue weighted by atomic mass is 9.86. The van der Waals surface area contributed by atoms with Crippen LogP contribution in [0.15, 0.2) is 42.5 Å². The summed E-state index contributed by atoms with van der Waals surface area (Å²) < 4.78 is 37.4. The Morgan fingerprint density at radius 3 is 2.71 bits per heavy atom. The third-order valence-corrected chi connectivity index (χ3v) is 6.06. The van der Waals surface area contributed by atoms with Crippen LogP contribution >= 0.6 is 0 Å². The van der Waals surface area contributed by atoms with Gasteiger partial charge in [0.1, 0.15) is 23.2 Å². The number of hydrogen-bond acceptors (Lipinski definition) is 6. The van der Waals surface area contributed by atoms with Gasteiger partial charge in [0.25, 0.3) is 10.0 Å². The average molecular weight is 404 g/mol. The highest BCUT2D eigenvalue weighted by Crippen LogP contribution is 2.45. The Bertz CT molecular complexity index is 976. The first-order chi connectivity index (χ1) is 13.3. The molecular formula is C20H24N2O5S. The molecule has 0 amide bonds. The number of anilines is 1. The van der Waals surface area contributed by atoms with Crippen molar-refractivity contribution < 1.29 is 23.0 Å². The number of sulfonamides is 1. The quantitative estimate of drug-likeness (QED) is 0.723. The second-order valence-corrected chi connectivity index (χ2v) is 9.35. The fourth-order valence-corrected chi connectivity index (χ4v) is 4.43. The van der Waals surface area contributed by atoms with Crippen molar-refractivity contribution in [3.8, 4) is 11.5 Å². The molecule has 28 heavy (non-hydrogen) atoms. The van der Waals surface area contributed by atoms with Gasteiger partial charge in [-0.05, 0) is 38.4 Å². The van der Waals surface area contributed by atoms with E-state index in [0.717, 1.165) is 12.0 Å². The van der Waals surface area contributed by atoms with Gasteiger partial charge in [0.2, 0.25) is 5.94 Å². The number of hydrogen-bond donors (Lipinski definition) is 3. The van der Waals surface area contributed by atoms with Crippen LogP contribution in [0.5, 0.6) is 11.5 Å². The zero-order valence-corrected chi connectivity index (χ0v) is 16.6. The summed E-state index contributed by atoms with van der Waals surface area (Å²) in [6.45, 7) is 4.30. The van der Waals surface area contributed by atoms with Crippen LogP contribution < -0.4 is 19.5 Å². The summed E-state index contributed by atoms with van der Waals surface area (Å²) in [6, 6.07) is 13.1. The molecule has 2 aromatic rings. The summed E-state index contributed by atoms with van der Waals surface area (Å²) in [5, 5.41) is 14.3. The van der Waals surface area contributed by atoms with E-state index in [1.54, 1.807) is 12.1 Å². The highest BCUT2D eigenvalue weighted by atomic mass is 32.2. The molecule has 0 aromatic heterocycles. The van der Waals surface area contributed by atoms with E-state index in [-0.39, 0.29) is 6.04 Å². The molecule has 2 atom stereocenters. The molecule has 0 radical (unpaired) electrons. The van der Waals surface area contributed by atoms with Crippen molar-refractivity contribution in [1.82, 2.24) is 5.32 Å². The van der Waals surface area contributed by atoms with Crippen LogP contribution in [0.2, 0.25) is 0 Å². The molecule has 0 bridgehead atoms. The molecule has 0 saturated heterocycles. The predicted octanol–water partition coefficient (Wildman–Crippen LogP) is 2.18. The Hall–Kier alpha value is -2.29. The van der Waals surface area contributed by atoms with Gasteiger partial charge in [0.15, 0.2) is 0 Å². The molecule has 0 spiro atoms. The van der Waals surface area contributed by atoms with Gasteiger partial charge in [-0.2, -0.15) is 0 Å². The van der Waals surface area contributed by atoms with Gasteiger partial charge >= 0.3 is 0 Å². The van der Waals surface area contributed by atoms with E-state index in [0.29, 0.717) is 23.7 Å². The lowest BCUT2D eigenvalue weighted by molar-refractivity contribution is -0.0644. The summed E-state index contributed by atoms with van der Waals surface area (Å²) in [7, 11) is -3.51. The van der Waals surface area contributed by atoms with E-state index in [9.17, 15) is 13.5 Å². The smallest absolute Gasteiger partial charge is 0.268 e. The van der Waals surface area contributed by atoms with Crippen molar-refractivity contribution in [2.75, 3.05) is 17.2 Å². The molecule has 2 aromatic carbocycles. The first-order valence-electron chi connectivity index (χ1n) is 9.21. The van der Waals surface area contributed by atoms with Crippen LogP contribution in [0.4, 0.5) is 5.69 Å². The van der Waals surface area contributed by atoms with Crippen LogP contribution in [-0.4, -0.2) is 37.7 Å². The zero-order valence-electron chi connectivity index (χ0n) is 15.8. The van der Waals surface area contributed by atoms with E-state index in [2.05, 4.69) is 22.2 Å². The number of ether oxygens (including phenoxy) is 2. The Balaban J connectivity index is 1.61. The molecular weight excluding hydrogens is 380 g/mol. The van der Waals surface area contributed by atoms with Gasteiger partial charge < -0.3 is 19.9 Å². The Kier molecular flexibility index (Phi) is 4.73. The van der Waals surface area contributed by atoms with E-state index in [1.165, 1.54) is 5.56 Å². The fourth-order valence-electron chi connectivity index (χ4n) is 3.60. The average Bonchev–Trinajstić information content (AvgIpc) is 2.64. The number of aliphatic hydroxyl groups excluding tert-OH is 1. The topological polar surface area (TPSA) is 96.9 Å². The van der Waals surface area contributed by atoms with Crippen LogP contribution in [0.25, 0.3) is 0 Å². The normalized spacial score (nSPS) is 24.1. The van der Waals surface area contributed by atoms with Gasteiger partial charge in [-0.15, -0.1) is 0 Å². The monoisotopic (exact) mass is 404 g/mol. The van der Waals surface area contributed by atoms with Crippen molar-refractivity contribution >= 4 is 15.7 Å². The molecule has 7 nitrogen and oxygen atoms in total. The molecule has 2 aliphatic heterocycles. The van der Waals surface area contributed by atoms with Crippen molar-refractivity contribution in [2.45, 2.75) is 38.0 Å². The summed E-state index contributed by atoms with van der Waals surface area (Å²) in [4.78, 5) is 0. The molecule has 0 aliphatic carbocycles. The van der Waals surface area contributed by atoms with E-state index < -0.39 is 27.7 Å². The maximum atomic E-state index is 11.8. The minimum absolute atomic E-state index is 0.347. The van der Waals surface area contributed by atoms with E-state index in [4.69, 9.17) is 9.47 Å². The van der Waals surface area contributed by atoms with Crippen molar-refractivity contribution in [3.05, 3.63) is 53.6 Å².